The third-order valence-corrected chi connectivity index (χ3v) is 4.97. The molecule has 3 aromatic rings. The Labute approximate surface area is 164 Å². The third-order valence-electron chi connectivity index (χ3n) is 4.97. The molecule has 2 N–H and O–H groups in total. The number of fused-ring (bicyclic) bond motifs is 1. The van der Waals surface area contributed by atoms with Crippen LogP contribution in [0.3, 0.4) is 0 Å². The second-order valence-electron chi connectivity index (χ2n) is 7.26. The summed E-state index contributed by atoms with van der Waals surface area (Å²) in [7, 11) is 3.52. The average molecular weight is 405 g/mol. The molecule has 154 valence electrons. The van der Waals surface area contributed by atoms with Crippen molar-refractivity contribution in [2.75, 3.05) is 19.0 Å². The van der Waals surface area contributed by atoms with Crippen LogP contribution in [0.25, 0.3) is 11.0 Å². The van der Waals surface area contributed by atoms with E-state index in [1.807, 2.05) is 0 Å². The highest BCUT2D eigenvalue weighted by Crippen LogP contribution is 2.44. The van der Waals surface area contributed by atoms with Gasteiger partial charge in [0.1, 0.15) is 16.8 Å². The number of hydrogen-bond donors (Lipinski definition) is 2. The molecule has 1 aliphatic carbocycles. The molecule has 0 aliphatic heterocycles. The van der Waals surface area contributed by atoms with Crippen LogP contribution in [0.5, 0.6) is 5.75 Å². The highest BCUT2D eigenvalue weighted by molar-refractivity contribution is 5.78. The lowest BCUT2D eigenvalue weighted by atomic mass is 10.0. The number of aliphatic hydroxyl groups is 1. The van der Waals surface area contributed by atoms with Gasteiger partial charge >= 0.3 is 6.61 Å². The Balaban J connectivity index is 1.85. The third kappa shape index (κ3) is 3.67. The molecule has 1 fully saturated rings. The Kier molecular flexibility index (Phi) is 4.95. The molecule has 1 saturated carbocycles. The minimum atomic E-state index is -2.89. The number of aliphatic hydroxyl groups excluding tert-OH is 1. The fourth-order valence-corrected chi connectivity index (χ4v) is 3.49. The van der Waals surface area contributed by atoms with Crippen molar-refractivity contribution in [3.8, 4) is 5.75 Å². The molecule has 4 rings (SSSR count). The molecule has 0 saturated heterocycles. The lowest BCUT2D eigenvalue weighted by Crippen LogP contribution is -2.20. The lowest BCUT2D eigenvalue weighted by Gasteiger charge is -2.19. The Morgan fingerprint density at radius 1 is 1.31 bits per heavy atom. The number of rotatable bonds is 7. The summed E-state index contributed by atoms with van der Waals surface area (Å²) in [6.45, 7) is -3.28. The maximum absolute atomic E-state index is 12.6. The van der Waals surface area contributed by atoms with Crippen LogP contribution in [0.1, 0.15) is 30.1 Å². The van der Waals surface area contributed by atoms with Crippen molar-refractivity contribution in [1.82, 2.24) is 19.7 Å². The van der Waals surface area contributed by atoms with Gasteiger partial charge in [0.25, 0.3) is 5.56 Å². The number of aromatic amines is 1. The van der Waals surface area contributed by atoms with Gasteiger partial charge < -0.3 is 14.7 Å². The first-order valence-electron chi connectivity index (χ1n) is 9.23. The molecular formula is C19H21F2N5O3. The maximum Gasteiger partial charge on any atom is 0.387 e. The SMILES string of the molecule is CN(C)c1nc2c(c(CO)nn2[C@@H](c2ccc(OC(F)F)cc2)C2CC2)c(=O)[nH]1. The van der Waals surface area contributed by atoms with Crippen LogP contribution >= 0.6 is 0 Å². The highest BCUT2D eigenvalue weighted by atomic mass is 19.3. The Morgan fingerprint density at radius 3 is 2.55 bits per heavy atom. The van der Waals surface area contributed by atoms with E-state index in [1.54, 1.807) is 35.8 Å². The maximum atomic E-state index is 12.6. The zero-order valence-corrected chi connectivity index (χ0v) is 16.0. The van der Waals surface area contributed by atoms with Crippen molar-refractivity contribution in [2.45, 2.75) is 32.1 Å². The molecule has 0 unspecified atom stereocenters. The number of hydrogen-bond acceptors (Lipinski definition) is 6. The largest absolute Gasteiger partial charge is 0.435 e. The number of alkyl halides is 2. The van der Waals surface area contributed by atoms with Crippen molar-refractivity contribution >= 4 is 17.0 Å². The first-order valence-corrected chi connectivity index (χ1v) is 9.23. The Hall–Kier alpha value is -3.01. The molecule has 0 spiro atoms. The van der Waals surface area contributed by atoms with Gasteiger partial charge in [-0.25, -0.2) is 4.68 Å². The number of nitrogens with one attached hydrogen (secondary N) is 1. The van der Waals surface area contributed by atoms with Crippen molar-refractivity contribution < 1.29 is 18.6 Å². The molecule has 8 nitrogen and oxygen atoms in total. The first-order chi connectivity index (χ1) is 13.9. The van der Waals surface area contributed by atoms with Gasteiger partial charge in [0.2, 0.25) is 5.95 Å². The predicted octanol–water partition coefficient (Wildman–Crippen LogP) is 2.28. The summed E-state index contributed by atoms with van der Waals surface area (Å²) in [6.07, 6.45) is 1.94. The lowest BCUT2D eigenvalue weighted by molar-refractivity contribution is -0.0498. The van der Waals surface area contributed by atoms with Crippen molar-refractivity contribution in [2.24, 2.45) is 5.92 Å². The summed E-state index contributed by atoms with van der Waals surface area (Å²) in [5.41, 5.74) is 1.11. The smallest absolute Gasteiger partial charge is 0.387 e. The number of ether oxygens (including phenoxy) is 1. The van der Waals surface area contributed by atoms with Crippen LogP contribution < -0.4 is 15.2 Å². The quantitative estimate of drug-likeness (QED) is 0.626. The molecule has 0 bridgehead atoms. The molecule has 0 radical (unpaired) electrons. The zero-order chi connectivity index (χ0) is 20.7. The van der Waals surface area contributed by atoms with Gasteiger partial charge in [-0.2, -0.15) is 18.9 Å². The number of aromatic nitrogens is 4. The van der Waals surface area contributed by atoms with E-state index in [0.29, 0.717) is 11.6 Å². The van der Waals surface area contributed by atoms with E-state index in [0.717, 1.165) is 18.4 Å². The van der Waals surface area contributed by atoms with E-state index in [-0.39, 0.29) is 34.3 Å². The second-order valence-corrected chi connectivity index (χ2v) is 7.26. The summed E-state index contributed by atoms with van der Waals surface area (Å²) in [6, 6.07) is 6.17. The zero-order valence-electron chi connectivity index (χ0n) is 16.0. The van der Waals surface area contributed by atoms with Crippen LogP contribution in [0, 0.1) is 5.92 Å². The number of benzene rings is 1. The molecule has 2 heterocycles. The van der Waals surface area contributed by atoms with Gasteiger partial charge in [-0.1, -0.05) is 12.1 Å². The van der Waals surface area contributed by atoms with Gasteiger partial charge in [-0.15, -0.1) is 0 Å². The van der Waals surface area contributed by atoms with Crippen LogP contribution in [-0.4, -0.2) is 45.6 Å². The molecular weight excluding hydrogens is 384 g/mol. The van der Waals surface area contributed by atoms with Crippen molar-refractivity contribution in [3.63, 3.8) is 0 Å². The average Bonchev–Trinajstić information content (AvgIpc) is 3.44. The fraction of sp³-hybridized carbons (Fsp3) is 0.421. The van der Waals surface area contributed by atoms with E-state index >= 15 is 0 Å². The minimum absolute atomic E-state index is 0.0733. The Bertz CT molecular complexity index is 1070. The topological polar surface area (TPSA) is 96.3 Å². The van der Waals surface area contributed by atoms with E-state index in [9.17, 15) is 18.7 Å². The van der Waals surface area contributed by atoms with Crippen LogP contribution in [0.2, 0.25) is 0 Å². The summed E-state index contributed by atoms with van der Waals surface area (Å²) in [5.74, 6) is 0.725. The molecule has 2 aromatic heterocycles. The minimum Gasteiger partial charge on any atom is -0.435 e. The number of anilines is 1. The highest BCUT2D eigenvalue weighted by Gasteiger charge is 2.36. The summed E-state index contributed by atoms with van der Waals surface area (Å²) in [5, 5.41) is 14.5. The monoisotopic (exact) mass is 405 g/mol. The number of H-pyrrole nitrogens is 1. The van der Waals surface area contributed by atoms with Gasteiger partial charge in [-0.3, -0.25) is 9.78 Å². The van der Waals surface area contributed by atoms with Crippen LogP contribution in [0.4, 0.5) is 14.7 Å². The van der Waals surface area contributed by atoms with Crippen molar-refractivity contribution in [3.05, 3.63) is 45.9 Å². The molecule has 1 atom stereocenters. The number of nitrogens with zero attached hydrogens (tertiary/aromatic N) is 4. The second kappa shape index (κ2) is 7.43. The molecule has 1 aromatic carbocycles. The van der Waals surface area contributed by atoms with Gasteiger partial charge in [0, 0.05) is 14.1 Å². The van der Waals surface area contributed by atoms with Crippen LogP contribution in [0.15, 0.2) is 29.1 Å². The fourth-order valence-electron chi connectivity index (χ4n) is 3.49. The summed E-state index contributed by atoms with van der Waals surface area (Å²) in [4.78, 5) is 21.5. The van der Waals surface area contributed by atoms with E-state index in [1.165, 1.54) is 12.1 Å². The van der Waals surface area contributed by atoms with Crippen molar-refractivity contribution in [1.29, 1.82) is 0 Å². The predicted molar refractivity (Wildman–Crippen MR) is 102 cm³/mol. The normalized spacial score (nSPS) is 15.1. The Morgan fingerprint density at radius 2 is 2.00 bits per heavy atom. The molecule has 0 amide bonds. The molecule has 29 heavy (non-hydrogen) atoms. The standard InChI is InChI=1S/C19H21F2N5O3/c1-25(2)19-22-16-14(17(28)23-19)13(9-27)24-26(16)15(10-3-4-10)11-5-7-12(8-6-11)29-18(20)21/h5-8,10,15,18,27H,3-4,9H2,1-2H3,(H,22,23,28)/t15-/m1/s1. The summed E-state index contributed by atoms with van der Waals surface area (Å²) < 4.78 is 31.0. The van der Waals surface area contributed by atoms with Crippen LogP contribution in [-0.2, 0) is 6.61 Å². The first kappa shape index (κ1) is 19.3. The van der Waals surface area contributed by atoms with E-state index in [4.69, 9.17) is 0 Å². The molecule has 1 aliphatic rings. The molecule has 10 heteroatoms. The van der Waals surface area contributed by atoms with Gasteiger partial charge in [0.15, 0.2) is 5.65 Å². The van der Waals surface area contributed by atoms with E-state index in [2.05, 4.69) is 19.8 Å². The summed E-state index contributed by atoms with van der Waals surface area (Å²) >= 11 is 0. The van der Waals surface area contributed by atoms with E-state index < -0.39 is 13.2 Å². The van der Waals surface area contributed by atoms with Gasteiger partial charge in [-0.05, 0) is 36.5 Å². The number of halogens is 2. The van der Waals surface area contributed by atoms with Gasteiger partial charge in [0.05, 0.1) is 12.6 Å².